The largest absolute Gasteiger partial charge is 0.340 e. The lowest BCUT2D eigenvalue weighted by Gasteiger charge is -2.38. The maximum absolute atomic E-state index is 12.0. The molecular formula is C10H15ClN2O2. The van der Waals surface area contributed by atoms with Crippen LogP contribution in [0, 0.1) is 0 Å². The van der Waals surface area contributed by atoms with Gasteiger partial charge in [0.15, 0.2) is 0 Å². The highest BCUT2D eigenvalue weighted by Gasteiger charge is 2.40. The highest BCUT2D eigenvalue weighted by atomic mass is 35.5. The van der Waals surface area contributed by atoms with Crippen LogP contribution in [0.15, 0.2) is 11.6 Å². The van der Waals surface area contributed by atoms with Crippen molar-refractivity contribution >= 4 is 23.4 Å². The number of halogens is 1. The molecule has 5 heteroatoms. The Labute approximate surface area is 94.3 Å². The van der Waals surface area contributed by atoms with E-state index >= 15 is 0 Å². The predicted molar refractivity (Wildman–Crippen MR) is 58.4 cm³/mol. The summed E-state index contributed by atoms with van der Waals surface area (Å²) in [5.74, 6) is -0.179. The lowest BCUT2D eigenvalue weighted by molar-refractivity contribution is -0.148. The molecule has 0 radical (unpaired) electrons. The van der Waals surface area contributed by atoms with Gasteiger partial charge in [0, 0.05) is 12.1 Å². The molecule has 1 rings (SSSR count). The van der Waals surface area contributed by atoms with Gasteiger partial charge in [-0.15, -0.1) is 0 Å². The first kappa shape index (κ1) is 12.0. The van der Waals surface area contributed by atoms with Crippen LogP contribution in [0.2, 0.25) is 0 Å². The summed E-state index contributed by atoms with van der Waals surface area (Å²) in [6.07, 6.45) is 2.23. The smallest absolute Gasteiger partial charge is 0.248 e. The van der Waals surface area contributed by atoms with Crippen molar-refractivity contribution in [1.82, 2.24) is 10.2 Å². The summed E-state index contributed by atoms with van der Waals surface area (Å²) in [6, 6.07) is 0. The van der Waals surface area contributed by atoms with Crippen LogP contribution in [0.4, 0.5) is 0 Å². The monoisotopic (exact) mass is 230 g/mol. The van der Waals surface area contributed by atoms with Gasteiger partial charge >= 0.3 is 0 Å². The van der Waals surface area contributed by atoms with Crippen LogP contribution in [-0.4, -0.2) is 35.3 Å². The molecule has 2 amide bonds. The quantitative estimate of drug-likeness (QED) is 0.782. The first-order chi connectivity index (χ1) is 7.03. The van der Waals surface area contributed by atoms with Crippen LogP contribution in [0.1, 0.15) is 20.3 Å². The van der Waals surface area contributed by atoms with E-state index in [1.54, 1.807) is 13.0 Å². The predicted octanol–water partition coefficient (Wildman–Crippen LogP) is 0.866. The van der Waals surface area contributed by atoms with Gasteiger partial charge in [-0.1, -0.05) is 24.6 Å². The molecule has 1 heterocycles. The van der Waals surface area contributed by atoms with Gasteiger partial charge in [0.05, 0.1) is 6.54 Å². The van der Waals surface area contributed by atoms with Crippen molar-refractivity contribution in [3.63, 3.8) is 0 Å². The van der Waals surface area contributed by atoms with E-state index < -0.39 is 5.54 Å². The Morgan fingerprint density at radius 2 is 2.27 bits per heavy atom. The zero-order chi connectivity index (χ0) is 11.5. The third-order valence-electron chi connectivity index (χ3n) is 2.63. The number of hydrogen-bond acceptors (Lipinski definition) is 2. The lowest BCUT2D eigenvalue weighted by Crippen LogP contribution is -2.64. The molecule has 0 bridgehead atoms. The van der Waals surface area contributed by atoms with Gasteiger partial charge in [-0.25, -0.2) is 0 Å². The summed E-state index contributed by atoms with van der Waals surface area (Å²) in [6.45, 7) is 4.10. The molecule has 1 atom stereocenters. The van der Waals surface area contributed by atoms with E-state index in [9.17, 15) is 9.59 Å². The Bertz CT molecular complexity index is 304. The van der Waals surface area contributed by atoms with Crippen molar-refractivity contribution in [2.75, 3.05) is 13.1 Å². The summed E-state index contributed by atoms with van der Waals surface area (Å²) >= 11 is 5.39. The fourth-order valence-corrected chi connectivity index (χ4v) is 1.63. The fraction of sp³-hybridized carbons (Fsp3) is 0.600. The highest BCUT2D eigenvalue weighted by molar-refractivity contribution is 6.25. The normalized spacial score (nSPS) is 27.3. The van der Waals surface area contributed by atoms with Gasteiger partial charge in [-0.2, -0.15) is 0 Å². The Hall–Kier alpha value is -1.03. The summed E-state index contributed by atoms with van der Waals surface area (Å²) in [4.78, 5) is 24.9. The lowest BCUT2D eigenvalue weighted by atomic mass is 9.94. The molecule has 4 nitrogen and oxygen atoms in total. The van der Waals surface area contributed by atoms with Crippen LogP contribution in [0.5, 0.6) is 0 Å². The van der Waals surface area contributed by atoms with Crippen LogP contribution < -0.4 is 5.32 Å². The van der Waals surface area contributed by atoms with Crippen LogP contribution in [0.3, 0.4) is 0 Å². The van der Waals surface area contributed by atoms with Gasteiger partial charge in [0.25, 0.3) is 0 Å². The molecule has 1 aliphatic heterocycles. The fourth-order valence-electron chi connectivity index (χ4n) is 1.55. The average molecular weight is 231 g/mol. The molecule has 0 aromatic heterocycles. The van der Waals surface area contributed by atoms with E-state index in [0.29, 0.717) is 13.0 Å². The minimum absolute atomic E-state index is 0.0561. The van der Waals surface area contributed by atoms with Crippen molar-refractivity contribution in [2.45, 2.75) is 25.8 Å². The second-order valence-corrected chi connectivity index (χ2v) is 4.03. The Morgan fingerprint density at radius 3 is 2.80 bits per heavy atom. The number of hydrogen-bond donors (Lipinski definition) is 1. The maximum Gasteiger partial charge on any atom is 0.248 e. The van der Waals surface area contributed by atoms with Gasteiger partial charge < -0.3 is 10.2 Å². The Balaban J connectivity index is 2.81. The summed E-state index contributed by atoms with van der Waals surface area (Å²) in [5, 5.41) is 2.71. The van der Waals surface area contributed by atoms with Crippen LogP contribution in [-0.2, 0) is 9.59 Å². The minimum Gasteiger partial charge on any atom is -0.340 e. The van der Waals surface area contributed by atoms with Crippen molar-refractivity contribution in [1.29, 1.82) is 0 Å². The standard InChI is InChI=1S/C10H15ClN2O2/c1-3-10(2)9(15)13(6-4-5-11)7-8(14)12-10/h4-5H,3,6-7H2,1-2H3,(H,12,14)/b5-4+. The van der Waals surface area contributed by atoms with Crippen molar-refractivity contribution < 1.29 is 9.59 Å². The number of amides is 2. The molecule has 15 heavy (non-hydrogen) atoms. The summed E-state index contributed by atoms with van der Waals surface area (Å²) in [5.41, 5.74) is 0.582. The third-order valence-corrected chi connectivity index (χ3v) is 2.81. The van der Waals surface area contributed by atoms with E-state index in [1.807, 2.05) is 6.92 Å². The van der Waals surface area contributed by atoms with Crippen LogP contribution in [0.25, 0.3) is 0 Å². The molecule has 0 saturated carbocycles. The van der Waals surface area contributed by atoms with E-state index in [4.69, 9.17) is 11.6 Å². The van der Waals surface area contributed by atoms with Crippen molar-refractivity contribution in [3.8, 4) is 0 Å². The number of rotatable bonds is 3. The van der Waals surface area contributed by atoms with E-state index in [0.717, 1.165) is 0 Å². The highest BCUT2D eigenvalue weighted by Crippen LogP contribution is 2.17. The summed E-state index contributed by atoms with van der Waals surface area (Å²) < 4.78 is 0. The van der Waals surface area contributed by atoms with E-state index in [-0.39, 0.29) is 18.4 Å². The molecule has 0 aliphatic carbocycles. The maximum atomic E-state index is 12.0. The van der Waals surface area contributed by atoms with E-state index in [2.05, 4.69) is 5.32 Å². The molecular weight excluding hydrogens is 216 g/mol. The first-order valence-corrected chi connectivity index (χ1v) is 5.32. The molecule has 0 aromatic rings. The molecule has 0 spiro atoms. The zero-order valence-corrected chi connectivity index (χ0v) is 9.67. The number of piperazine rings is 1. The van der Waals surface area contributed by atoms with Crippen molar-refractivity contribution in [2.24, 2.45) is 0 Å². The second-order valence-electron chi connectivity index (χ2n) is 3.78. The summed E-state index contributed by atoms with van der Waals surface area (Å²) in [7, 11) is 0. The van der Waals surface area contributed by atoms with Gasteiger partial charge in [0.1, 0.15) is 5.54 Å². The number of carbonyl (C=O) groups is 2. The van der Waals surface area contributed by atoms with Gasteiger partial charge in [0.2, 0.25) is 11.8 Å². The third kappa shape index (κ3) is 2.50. The van der Waals surface area contributed by atoms with Crippen molar-refractivity contribution in [3.05, 3.63) is 11.6 Å². The second kappa shape index (κ2) is 4.66. The number of carbonyl (C=O) groups excluding carboxylic acids is 2. The molecule has 1 unspecified atom stereocenters. The molecule has 1 saturated heterocycles. The average Bonchev–Trinajstić information content (AvgIpc) is 2.21. The van der Waals surface area contributed by atoms with Gasteiger partial charge in [-0.05, 0) is 13.3 Å². The SMILES string of the molecule is CCC1(C)NC(=O)CN(C/C=C/Cl)C1=O. The first-order valence-electron chi connectivity index (χ1n) is 4.89. The Kier molecular flexibility index (Phi) is 3.74. The molecule has 0 aromatic carbocycles. The topological polar surface area (TPSA) is 49.4 Å². The molecule has 84 valence electrons. The van der Waals surface area contributed by atoms with Crippen LogP contribution >= 0.6 is 11.6 Å². The van der Waals surface area contributed by atoms with Gasteiger partial charge in [-0.3, -0.25) is 9.59 Å². The van der Waals surface area contributed by atoms with E-state index in [1.165, 1.54) is 10.4 Å². The zero-order valence-electron chi connectivity index (χ0n) is 8.92. The molecule has 1 fully saturated rings. The molecule has 1 aliphatic rings. The number of nitrogens with zero attached hydrogens (tertiary/aromatic N) is 1. The minimum atomic E-state index is -0.768. The number of nitrogens with one attached hydrogen (secondary N) is 1. The Morgan fingerprint density at radius 1 is 1.60 bits per heavy atom. The molecule has 1 N–H and O–H groups in total.